The largest absolute Gasteiger partial charge is 0.484 e. The van der Waals surface area contributed by atoms with E-state index in [-0.39, 0.29) is 36.4 Å². The predicted molar refractivity (Wildman–Crippen MR) is 136 cm³/mol. The van der Waals surface area contributed by atoms with E-state index in [1.165, 1.54) is 0 Å². The van der Waals surface area contributed by atoms with Gasteiger partial charge in [0.15, 0.2) is 6.61 Å². The van der Waals surface area contributed by atoms with Crippen LogP contribution in [0.1, 0.15) is 45.2 Å². The SMILES string of the molecule is CC[C@@H](C)C(=O)N1c2ccccc2[C@@H](N(C(=O)COc2ccccc2)c2ccccc2)C[C@@H]1C. The Hall–Kier alpha value is -3.60. The van der Waals surface area contributed by atoms with Crippen LogP contribution in [-0.4, -0.2) is 24.5 Å². The Morgan fingerprint density at radius 2 is 1.59 bits per heavy atom. The molecule has 3 aromatic carbocycles. The number of carbonyl (C=O) groups excluding carboxylic acids is 2. The molecule has 0 saturated heterocycles. The fourth-order valence-electron chi connectivity index (χ4n) is 4.59. The van der Waals surface area contributed by atoms with Gasteiger partial charge >= 0.3 is 0 Å². The van der Waals surface area contributed by atoms with Crippen LogP contribution in [0.15, 0.2) is 84.9 Å². The van der Waals surface area contributed by atoms with E-state index in [9.17, 15) is 9.59 Å². The van der Waals surface area contributed by atoms with E-state index >= 15 is 0 Å². The van der Waals surface area contributed by atoms with Gasteiger partial charge in [-0.1, -0.05) is 68.4 Å². The molecule has 3 atom stereocenters. The Balaban J connectivity index is 1.71. The van der Waals surface area contributed by atoms with Crippen LogP contribution in [0.25, 0.3) is 0 Å². The van der Waals surface area contributed by atoms with E-state index in [1.54, 1.807) is 0 Å². The minimum Gasteiger partial charge on any atom is -0.484 e. The van der Waals surface area contributed by atoms with Crippen molar-refractivity contribution in [3.05, 3.63) is 90.5 Å². The first-order valence-electron chi connectivity index (χ1n) is 12.0. The van der Waals surface area contributed by atoms with E-state index in [4.69, 9.17) is 4.74 Å². The fourth-order valence-corrected chi connectivity index (χ4v) is 4.59. The Morgan fingerprint density at radius 1 is 0.971 bits per heavy atom. The number of ether oxygens (including phenoxy) is 1. The molecule has 0 N–H and O–H groups in total. The van der Waals surface area contributed by atoms with Crippen molar-refractivity contribution in [2.75, 3.05) is 16.4 Å². The van der Waals surface area contributed by atoms with Crippen LogP contribution in [0.2, 0.25) is 0 Å². The second-order valence-electron chi connectivity index (χ2n) is 8.88. The fraction of sp³-hybridized carbons (Fsp3) is 0.310. The zero-order valence-corrected chi connectivity index (χ0v) is 20.1. The van der Waals surface area contributed by atoms with E-state index < -0.39 is 0 Å². The van der Waals surface area contributed by atoms with Crippen LogP contribution in [0.3, 0.4) is 0 Å². The van der Waals surface area contributed by atoms with E-state index in [1.807, 2.05) is 109 Å². The number of benzene rings is 3. The standard InChI is InChI=1S/C29H32N2O3/c1-4-21(2)29(33)30-22(3)19-27(25-17-11-12-18-26(25)30)31(23-13-7-5-8-14-23)28(32)20-34-24-15-9-6-10-16-24/h5-18,21-22,27H,4,19-20H2,1-3H3/t21-,22+,27+/m1/s1. The van der Waals surface area contributed by atoms with Crippen LogP contribution < -0.4 is 14.5 Å². The summed E-state index contributed by atoms with van der Waals surface area (Å²) < 4.78 is 5.83. The first kappa shape index (κ1) is 23.6. The predicted octanol–water partition coefficient (Wildman–Crippen LogP) is 6.01. The van der Waals surface area contributed by atoms with Gasteiger partial charge in [0.1, 0.15) is 5.75 Å². The molecule has 0 spiro atoms. The van der Waals surface area contributed by atoms with Crippen molar-refractivity contribution in [2.45, 2.75) is 45.7 Å². The second kappa shape index (κ2) is 10.6. The van der Waals surface area contributed by atoms with E-state index in [0.717, 1.165) is 23.4 Å². The summed E-state index contributed by atoms with van der Waals surface area (Å²) in [6.07, 6.45) is 1.43. The maximum absolute atomic E-state index is 13.6. The summed E-state index contributed by atoms with van der Waals surface area (Å²) >= 11 is 0. The molecule has 1 aliphatic heterocycles. The maximum atomic E-state index is 13.6. The molecule has 5 nitrogen and oxygen atoms in total. The third kappa shape index (κ3) is 4.84. The quantitative estimate of drug-likeness (QED) is 0.437. The maximum Gasteiger partial charge on any atom is 0.265 e. The summed E-state index contributed by atoms with van der Waals surface area (Å²) in [5.74, 6) is 0.611. The Bertz CT molecular complexity index is 1120. The van der Waals surface area contributed by atoms with Crippen molar-refractivity contribution in [2.24, 2.45) is 5.92 Å². The van der Waals surface area contributed by atoms with Gasteiger partial charge < -0.3 is 14.5 Å². The van der Waals surface area contributed by atoms with Gasteiger partial charge in [-0.25, -0.2) is 0 Å². The summed E-state index contributed by atoms with van der Waals surface area (Å²) in [5.41, 5.74) is 2.68. The molecule has 176 valence electrons. The van der Waals surface area contributed by atoms with Gasteiger partial charge in [0, 0.05) is 23.3 Å². The molecule has 1 heterocycles. The van der Waals surface area contributed by atoms with Crippen molar-refractivity contribution >= 4 is 23.2 Å². The Kier molecular flexibility index (Phi) is 7.31. The van der Waals surface area contributed by atoms with Crippen molar-refractivity contribution in [1.29, 1.82) is 0 Å². The van der Waals surface area contributed by atoms with Gasteiger partial charge in [-0.2, -0.15) is 0 Å². The number of para-hydroxylation sites is 3. The van der Waals surface area contributed by atoms with Gasteiger partial charge in [0.2, 0.25) is 5.91 Å². The van der Waals surface area contributed by atoms with Crippen LogP contribution in [0.5, 0.6) is 5.75 Å². The molecule has 0 fully saturated rings. The zero-order valence-electron chi connectivity index (χ0n) is 20.1. The second-order valence-corrected chi connectivity index (χ2v) is 8.88. The highest BCUT2D eigenvalue weighted by molar-refractivity contribution is 5.99. The summed E-state index contributed by atoms with van der Waals surface area (Å²) in [7, 11) is 0. The summed E-state index contributed by atoms with van der Waals surface area (Å²) in [4.78, 5) is 30.7. The topological polar surface area (TPSA) is 49.9 Å². The van der Waals surface area contributed by atoms with Crippen molar-refractivity contribution in [3.63, 3.8) is 0 Å². The molecule has 34 heavy (non-hydrogen) atoms. The molecule has 0 radical (unpaired) electrons. The number of rotatable bonds is 7. The number of nitrogens with zero attached hydrogens (tertiary/aromatic N) is 2. The van der Waals surface area contributed by atoms with E-state index in [2.05, 4.69) is 6.92 Å². The van der Waals surface area contributed by atoms with E-state index in [0.29, 0.717) is 12.2 Å². The molecular weight excluding hydrogens is 424 g/mol. The highest BCUT2D eigenvalue weighted by Gasteiger charge is 2.39. The summed E-state index contributed by atoms with van der Waals surface area (Å²) in [6, 6.07) is 26.8. The number of hydrogen-bond donors (Lipinski definition) is 0. The third-order valence-electron chi connectivity index (χ3n) is 6.55. The minimum absolute atomic E-state index is 0.0459. The summed E-state index contributed by atoms with van der Waals surface area (Å²) in [5, 5.41) is 0. The highest BCUT2D eigenvalue weighted by atomic mass is 16.5. The average molecular weight is 457 g/mol. The molecule has 0 unspecified atom stereocenters. The summed E-state index contributed by atoms with van der Waals surface area (Å²) in [6.45, 7) is 6.01. The van der Waals surface area contributed by atoms with Gasteiger partial charge in [-0.15, -0.1) is 0 Å². The molecule has 5 heteroatoms. The molecule has 0 aliphatic carbocycles. The first-order valence-corrected chi connectivity index (χ1v) is 12.0. The zero-order chi connectivity index (χ0) is 24.1. The van der Waals surface area contributed by atoms with Gasteiger partial charge in [-0.3, -0.25) is 9.59 Å². The number of carbonyl (C=O) groups is 2. The van der Waals surface area contributed by atoms with Crippen LogP contribution in [0.4, 0.5) is 11.4 Å². The monoisotopic (exact) mass is 456 g/mol. The van der Waals surface area contributed by atoms with Gasteiger partial charge in [0.25, 0.3) is 5.91 Å². The van der Waals surface area contributed by atoms with Crippen LogP contribution in [0, 0.1) is 5.92 Å². The van der Waals surface area contributed by atoms with Gasteiger partial charge in [0.05, 0.1) is 6.04 Å². The Labute approximate surface area is 202 Å². The third-order valence-corrected chi connectivity index (χ3v) is 6.55. The first-order chi connectivity index (χ1) is 16.5. The molecule has 1 aliphatic rings. The lowest BCUT2D eigenvalue weighted by molar-refractivity contribution is -0.122. The minimum atomic E-state index is -0.207. The lowest BCUT2D eigenvalue weighted by Gasteiger charge is -2.44. The molecule has 0 saturated carbocycles. The molecule has 0 bridgehead atoms. The molecule has 4 rings (SSSR count). The molecule has 2 amide bonds. The lowest BCUT2D eigenvalue weighted by atomic mass is 9.88. The smallest absolute Gasteiger partial charge is 0.265 e. The normalized spacial score (nSPS) is 18.0. The number of fused-ring (bicyclic) bond motifs is 1. The van der Waals surface area contributed by atoms with Crippen LogP contribution >= 0.6 is 0 Å². The number of amides is 2. The van der Waals surface area contributed by atoms with Gasteiger partial charge in [-0.05, 0) is 55.7 Å². The number of hydrogen-bond acceptors (Lipinski definition) is 3. The number of anilines is 2. The lowest BCUT2D eigenvalue weighted by Crippen LogP contribution is -2.49. The highest BCUT2D eigenvalue weighted by Crippen LogP contribution is 2.42. The van der Waals surface area contributed by atoms with Crippen molar-refractivity contribution in [1.82, 2.24) is 0 Å². The van der Waals surface area contributed by atoms with Crippen molar-refractivity contribution in [3.8, 4) is 5.75 Å². The Morgan fingerprint density at radius 3 is 2.26 bits per heavy atom. The molecule has 3 aromatic rings. The molecule has 0 aromatic heterocycles. The molecular formula is C29H32N2O3. The van der Waals surface area contributed by atoms with Crippen molar-refractivity contribution < 1.29 is 14.3 Å². The van der Waals surface area contributed by atoms with Crippen LogP contribution in [-0.2, 0) is 9.59 Å². The average Bonchev–Trinajstić information content (AvgIpc) is 2.88.